The summed E-state index contributed by atoms with van der Waals surface area (Å²) in [5.41, 5.74) is 0.666. The summed E-state index contributed by atoms with van der Waals surface area (Å²) in [6.07, 6.45) is 4.10. The molecular weight excluding hydrogens is 313 g/mol. The van der Waals surface area contributed by atoms with Crippen LogP contribution in [0.4, 0.5) is 0 Å². The molecule has 0 heterocycles. The number of carboxylic acid groups (broad SMARTS) is 1. The van der Waals surface area contributed by atoms with Gasteiger partial charge in [-0.15, -0.1) is 0 Å². The van der Waals surface area contributed by atoms with Gasteiger partial charge in [-0.05, 0) is 30.5 Å². The molecular formula is C15H17Cl2NO3. The van der Waals surface area contributed by atoms with Gasteiger partial charge in [0.15, 0.2) is 0 Å². The summed E-state index contributed by atoms with van der Waals surface area (Å²) < 4.78 is 0. The number of aliphatic carboxylic acids is 1. The molecule has 0 bridgehead atoms. The molecule has 0 saturated heterocycles. The maximum atomic E-state index is 11.6. The molecule has 1 aromatic carbocycles. The number of carbonyl (C=O) groups excluding carboxylic acids is 1. The molecule has 0 aliphatic carbocycles. The molecule has 4 nitrogen and oxygen atoms in total. The maximum Gasteiger partial charge on any atom is 0.306 e. The molecule has 0 aliphatic heterocycles. The van der Waals surface area contributed by atoms with Crippen LogP contribution in [0, 0.1) is 5.92 Å². The number of nitrogens with one attached hydrogen (secondary N) is 1. The third kappa shape index (κ3) is 6.19. The van der Waals surface area contributed by atoms with E-state index in [0.717, 1.165) is 0 Å². The zero-order valence-corrected chi connectivity index (χ0v) is 13.1. The van der Waals surface area contributed by atoms with E-state index in [-0.39, 0.29) is 5.91 Å². The lowest BCUT2D eigenvalue weighted by Gasteiger charge is -2.06. The first-order chi connectivity index (χ1) is 9.91. The molecule has 1 unspecified atom stereocenters. The highest BCUT2D eigenvalue weighted by Gasteiger charge is 2.09. The summed E-state index contributed by atoms with van der Waals surface area (Å²) in [6.45, 7) is 2.08. The summed E-state index contributed by atoms with van der Waals surface area (Å²) >= 11 is 11.9. The lowest BCUT2D eigenvalue weighted by atomic mass is 10.1. The van der Waals surface area contributed by atoms with Crippen molar-refractivity contribution in [2.45, 2.75) is 19.8 Å². The number of amides is 1. The normalized spacial score (nSPS) is 12.3. The fourth-order valence-corrected chi connectivity index (χ4v) is 1.99. The van der Waals surface area contributed by atoms with Crippen LogP contribution in [-0.2, 0) is 9.59 Å². The fourth-order valence-electron chi connectivity index (χ4n) is 1.62. The van der Waals surface area contributed by atoms with Gasteiger partial charge in [0.25, 0.3) is 0 Å². The molecule has 21 heavy (non-hydrogen) atoms. The molecule has 0 aromatic heterocycles. The SMILES string of the molecule is CC(CCCNC(=O)/C=C/c1cccc(Cl)c1Cl)C(=O)O. The maximum absolute atomic E-state index is 11.6. The largest absolute Gasteiger partial charge is 0.481 e. The third-order valence-electron chi connectivity index (χ3n) is 2.93. The lowest BCUT2D eigenvalue weighted by molar-refractivity contribution is -0.141. The van der Waals surface area contributed by atoms with Crippen LogP contribution in [0.5, 0.6) is 0 Å². The van der Waals surface area contributed by atoms with Crippen LogP contribution in [0.3, 0.4) is 0 Å². The zero-order chi connectivity index (χ0) is 15.8. The molecule has 0 radical (unpaired) electrons. The van der Waals surface area contributed by atoms with Crippen molar-refractivity contribution in [1.82, 2.24) is 5.32 Å². The summed E-state index contributed by atoms with van der Waals surface area (Å²) in [6, 6.07) is 5.18. The molecule has 0 fully saturated rings. The molecule has 1 rings (SSSR count). The second-order valence-electron chi connectivity index (χ2n) is 4.65. The van der Waals surface area contributed by atoms with Gasteiger partial charge >= 0.3 is 5.97 Å². The van der Waals surface area contributed by atoms with Gasteiger partial charge in [0.1, 0.15) is 0 Å². The van der Waals surface area contributed by atoms with Crippen LogP contribution >= 0.6 is 23.2 Å². The number of hydrogen-bond acceptors (Lipinski definition) is 2. The Morgan fingerprint density at radius 3 is 2.76 bits per heavy atom. The summed E-state index contributed by atoms with van der Waals surface area (Å²) in [4.78, 5) is 22.2. The Kier molecular flexibility index (Phi) is 7.26. The van der Waals surface area contributed by atoms with Crippen molar-refractivity contribution in [1.29, 1.82) is 0 Å². The molecule has 0 aliphatic rings. The molecule has 2 N–H and O–H groups in total. The zero-order valence-electron chi connectivity index (χ0n) is 11.6. The van der Waals surface area contributed by atoms with E-state index in [2.05, 4.69) is 5.32 Å². The lowest BCUT2D eigenvalue weighted by Crippen LogP contribution is -2.23. The Bertz CT molecular complexity index is 544. The fraction of sp³-hybridized carbons (Fsp3) is 0.333. The van der Waals surface area contributed by atoms with Crippen molar-refractivity contribution >= 4 is 41.2 Å². The molecule has 114 valence electrons. The summed E-state index contributed by atoms with van der Waals surface area (Å²) in [5, 5.41) is 12.2. The predicted octanol–water partition coefficient (Wildman–Crippen LogP) is 3.62. The van der Waals surface area contributed by atoms with Gasteiger partial charge in [0.2, 0.25) is 5.91 Å². The van der Waals surface area contributed by atoms with Gasteiger partial charge in [-0.2, -0.15) is 0 Å². The Morgan fingerprint density at radius 1 is 1.38 bits per heavy atom. The number of hydrogen-bond donors (Lipinski definition) is 2. The Hall–Kier alpha value is -1.52. The van der Waals surface area contributed by atoms with Crippen molar-refractivity contribution in [2.24, 2.45) is 5.92 Å². The Labute approximate surface area is 133 Å². The van der Waals surface area contributed by atoms with E-state index in [1.54, 1.807) is 31.2 Å². The number of halogens is 2. The van der Waals surface area contributed by atoms with Crippen LogP contribution in [0.2, 0.25) is 10.0 Å². The van der Waals surface area contributed by atoms with Crippen molar-refractivity contribution < 1.29 is 14.7 Å². The highest BCUT2D eigenvalue weighted by Crippen LogP contribution is 2.26. The number of rotatable bonds is 7. The minimum Gasteiger partial charge on any atom is -0.481 e. The Balaban J connectivity index is 2.38. The van der Waals surface area contributed by atoms with E-state index in [4.69, 9.17) is 28.3 Å². The summed E-state index contributed by atoms with van der Waals surface area (Å²) in [5.74, 6) is -1.48. The van der Waals surface area contributed by atoms with E-state index >= 15 is 0 Å². The molecule has 0 saturated carbocycles. The van der Waals surface area contributed by atoms with E-state index in [9.17, 15) is 9.59 Å². The van der Waals surface area contributed by atoms with Crippen molar-refractivity contribution in [3.05, 3.63) is 39.9 Å². The van der Waals surface area contributed by atoms with Gasteiger partial charge in [0, 0.05) is 12.6 Å². The summed E-state index contributed by atoms with van der Waals surface area (Å²) in [7, 11) is 0. The van der Waals surface area contributed by atoms with Gasteiger partial charge in [-0.25, -0.2) is 0 Å². The average Bonchev–Trinajstić information content (AvgIpc) is 2.44. The monoisotopic (exact) mass is 329 g/mol. The third-order valence-corrected chi connectivity index (χ3v) is 3.76. The first kappa shape index (κ1) is 17.5. The highest BCUT2D eigenvalue weighted by molar-refractivity contribution is 6.42. The molecule has 1 amide bonds. The van der Waals surface area contributed by atoms with E-state index in [0.29, 0.717) is 35.0 Å². The van der Waals surface area contributed by atoms with E-state index < -0.39 is 11.9 Å². The predicted molar refractivity (Wildman–Crippen MR) is 84.5 cm³/mol. The van der Waals surface area contributed by atoms with Crippen LogP contribution < -0.4 is 5.32 Å². The van der Waals surface area contributed by atoms with Crippen LogP contribution in [-0.4, -0.2) is 23.5 Å². The number of benzene rings is 1. The van der Waals surface area contributed by atoms with Crippen LogP contribution in [0.15, 0.2) is 24.3 Å². The number of carbonyl (C=O) groups is 2. The van der Waals surface area contributed by atoms with E-state index in [1.807, 2.05) is 0 Å². The van der Waals surface area contributed by atoms with Crippen LogP contribution in [0.25, 0.3) is 6.08 Å². The van der Waals surface area contributed by atoms with Gasteiger partial charge in [-0.1, -0.05) is 42.3 Å². The molecule has 0 spiro atoms. The van der Waals surface area contributed by atoms with Gasteiger partial charge < -0.3 is 10.4 Å². The standard InChI is InChI=1S/C15H17Cl2NO3/c1-10(15(20)21)4-3-9-18-13(19)8-7-11-5-2-6-12(16)14(11)17/h2,5-8,10H,3-4,9H2,1H3,(H,18,19)(H,20,21)/b8-7+. The quantitative estimate of drug-likeness (QED) is 0.593. The first-order valence-electron chi connectivity index (χ1n) is 6.54. The van der Waals surface area contributed by atoms with Crippen LogP contribution in [0.1, 0.15) is 25.3 Å². The second kappa shape index (κ2) is 8.70. The molecule has 6 heteroatoms. The average molecular weight is 330 g/mol. The van der Waals surface area contributed by atoms with E-state index in [1.165, 1.54) is 6.08 Å². The van der Waals surface area contributed by atoms with Crippen molar-refractivity contribution in [2.75, 3.05) is 6.54 Å². The minimum absolute atomic E-state index is 0.256. The van der Waals surface area contributed by atoms with Crippen molar-refractivity contribution in [3.8, 4) is 0 Å². The second-order valence-corrected chi connectivity index (χ2v) is 5.43. The molecule has 1 atom stereocenters. The smallest absolute Gasteiger partial charge is 0.306 e. The molecule has 1 aromatic rings. The van der Waals surface area contributed by atoms with Gasteiger partial charge in [-0.3, -0.25) is 9.59 Å². The highest BCUT2D eigenvalue weighted by atomic mass is 35.5. The Morgan fingerprint density at radius 2 is 2.10 bits per heavy atom. The van der Waals surface area contributed by atoms with Crippen molar-refractivity contribution in [3.63, 3.8) is 0 Å². The van der Waals surface area contributed by atoms with Gasteiger partial charge in [0.05, 0.1) is 16.0 Å². The topological polar surface area (TPSA) is 66.4 Å². The first-order valence-corrected chi connectivity index (χ1v) is 7.30. The minimum atomic E-state index is -0.822. The number of carboxylic acids is 1.